The minimum atomic E-state index is -0.156. The highest BCUT2D eigenvalue weighted by Crippen LogP contribution is 2.34. The van der Waals surface area contributed by atoms with Crippen LogP contribution in [-0.4, -0.2) is 61.0 Å². The Balaban J connectivity index is 1.13. The van der Waals surface area contributed by atoms with Gasteiger partial charge in [-0.2, -0.15) is 0 Å². The highest BCUT2D eigenvalue weighted by Gasteiger charge is 2.30. The fourth-order valence-electron chi connectivity index (χ4n) is 6.13. The van der Waals surface area contributed by atoms with E-state index in [-0.39, 0.29) is 11.7 Å². The van der Waals surface area contributed by atoms with Gasteiger partial charge >= 0.3 is 0 Å². The third-order valence-electron chi connectivity index (χ3n) is 8.29. The van der Waals surface area contributed by atoms with Crippen LogP contribution in [-0.2, 0) is 24.1 Å². The zero-order valence-corrected chi connectivity index (χ0v) is 20.5. The summed E-state index contributed by atoms with van der Waals surface area (Å²) < 4.78 is 13.1. The summed E-state index contributed by atoms with van der Waals surface area (Å²) in [4.78, 5) is 18.9. The Kier molecular flexibility index (Phi) is 7.19. The van der Waals surface area contributed by atoms with Crippen molar-refractivity contribution >= 4 is 11.6 Å². The molecule has 5 heteroatoms. The molecule has 2 fully saturated rings. The molecular weight excluding hydrogens is 425 g/mol. The number of hydrogen-bond acceptors (Lipinski definition) is 3. The lowest BCUT2D eigenvalue weighted by atomic mass is 9.89. The lowest BCUT2D eigenvalue weighted by molar-refractivity contribution is -0.130. The van der Waals surface area contributed by atoms with Gasteiger partial charge < -0.3 is 14.7 Å². The molecule has 2 aromatic carbocycles. The van der Waals surface area contributed by atoms with Gasteiger partial charge in [0.05, 0.1) is 0 Å². The average Bonchev–Trinajstić information content (AvgIpc) is 3.28. The van der Waals surface area contributed by atoms with Crippen molar-refractivity contribution in [1.82, 2.24) is 9.80 Å². The van der Waals surface area contributed by atoms with Crippen molar-refractivity contribution in [1.29, 1.82) is 0 Å². The van der Waals surface area contributed by atoms with Gasteiger partial charge in [0.25, 0.3) is 0 Å². The van der Waals surface area contributed by atoms with Crippen LogP contribution in [0.4, 0.5) is 10.1 Å². The van der Waals surface area contributed by atoms with Crippen molar-refractivity contribution in [3.05, 3.63) is 65.0 Å². The predicted molar refractivity (Wildman–Crippen MR) is 136 cm³/mol. The van der Waals surface area contributed by atoms with Crippen LogP contribution in [0.25, 0.3) is 0 Å². The van der Waals surface area contributed by atoms with E-state index in [4.69, 9.17) is 0 Å². The number of amides is 1. The molecule has 2 saturated heterocycles. The summed E-state index contributed by atoms with van der Waals surface area (Å²) in [5, 5.41) is 0. The molecule has 0 aliphatic carbocycles. The first kappa shape index (κ1) is 23.3. The van der Waals surface area contributed by atoms with Crippen molar-refractivity contribution in [2.24, 2.45) is 5.92 Å². The standard InChI is InChI=1S/C29H38FN3O/c1-22(34)32-17-9-24(10-18-32)20-25-2-5-26-11-19-33(29(26)21-25)28-12-15-31(16-13-28)14-8-23-3-6-27(30)7-4-23/h2-7,21,24,28H,8-20H2,1H3. The van der Waals surface area contributed by atoms with Gasteiger partial charge in [-0.3, -0.25) is 4.79 Å². The van der Waals surface area contributed by atoms with Crippen LogP contribution >= 0.6 is 0 Å². The molecule has 2 aromatic rings. The summed E-state index contributed by atoms with van der Waals surface area (Å²) in [6.07, 6.45) is 7.97. The Morgan fingerprint density at radius 3 is 2.32 bits per heavy atom. The third-order valence-corrected chi connectivity index (χ3v) is 8.29. The van der Waals surface area contributed by atoms with Crippen molar-refractivity contribution in [3.8, 4) is 0 Å². The molecular formula is C29H38FN3O. The number of halogens is 1. The number of carbonyl (C=O) groups excluding carboxylic acids is 1. The number of hydrogen-bond donors (Lipinski definition) is 0. The number of likely N-dealkylation sites (tertiary alicyclic amines) is 2. The van der Waals surface area contributed by atoms with E-state index in [2.05, 4.69) is 28.0 Å². The summed E-state index contributed by atoms with van der Waals surface area (Å²) >= 11 is 0. The van der Waals surface area contributed by atoms with E-state index in [1.807, 2.05) is 17.0 Å². The lowest BCUT2D eigenvalue weighted by Crippen LogP contribution is -2.45. The summed E-state index contributed by atoms with van der Waals surface area (Å²) in [6.45, 7) is 8.01. The second kappa shape index (κ2) is 10.5. The number of fused-ring (bicyclic) bond motifs is 1. The highest BCUT2D eigenvalue weighted by molar-refractivity contribution is 5.73. The lowest BCUT2D eigenvalue weighted by Gasteiger charge is -2.38. The fourth-order valence-corrected chi connectivity index (χ4v) is 6.13. The maximum absolute atomic E-state index is 13.1. The topological polar surface area (TPSA) is 26.8 Å². The van der Waals surface area contributed by atoms with Gasteiger partial charge in [0.15, 0.2) is 0 Å². The van der Waals surface area contributed by atoms with E-state index in [9.17, 15) is 9.18 Å². The van der Waals surface area contributed by atoms with Gasteiger partial charge in [-0.05, 0) is 85.8 Å². The summed E-state index contributed by atoms with van der Waals surface area (Å²) in [7, 11) is 0. The molecule has 0 atom stereocenters. The van der Waals surface area contributed by atoms with Gasteiger partial charge in [-0.1, -0.05) is 24.3 Å². The Morgan fingerprint density at radius 2 is 1.62 bits per heavy atom. The van der Waals surface area contributed by atoms with Crippen molar-refractivity contribution in [3.63, 3.8) is 0 Å². The van der Waals surface area contributed by atoms with Crippen LogP contribution in [0.2, 0.25) is 0 Å². The Hall–Kier alpha value is -2.40. The second-order valence-corrected chi connectivity index (χ2v) is 10.5. The minimum absolute atomic E-state index is 0.156. The summed E-state index contributed by atoms with van der Waals surface area (Å²) in [6, 6.07) is 14.8. The van der Waals surface area contributed by atoms with Gasteiger partial charge in [0.2, 0.25) is 5.91 Å². The van der Waals surface area contributed by atoms with Gasteiger partial charge in [-0.25, -0.2) is 4.39 Å². The number of carbonyl (C=O) groups is 1. The molecule has 0 radical (unpaired) electrons. The monoisotopic (exact) mass is 463 g/mol. The normalized spacial score (nSPS) is 20.1. The third kappa shape index (κ3) is 5.46. The fraction of sp³-hybridized carbons (Fsp3) is 0.552. The van der Waals surface area contributed by atoms with Crippen molar-refractivity contribution in [2.75, 3.05) is 44.2 Å². The molecule has 0 bridgehead atoms. The molecule has 0 N–H and O–H groups in total. The SMILES string of the molecule is CC(=O)N1CCC(Cc2ccc3c(c2)N(C2CCN(CCc4ccc(F)cc4)CC2)CC3)CC1. The van der Waals surface area contributed by atoms with Gasteiger partial charge in [0.1, 0.15) is 5.82 Å². The van der Waals surface area contributed by atoms with E-state index in [1.165, 1.54) is 35.2 Å². The maximum atomic E-state index is 13.1. The van der Waals surface area contributed by atoms with E-state index >= 15 is 0 Å². The molecule has 182 valence electrons. The van der Waals surface area contributed by atoms with E-state index < -0.39 is 0 Å². The molecule has 3 heterocycles. The van der Waals surface area contributed by atoms with Crippen LogP contribution in [0.15, 0.2) is 42.5 Å². The summed E-state index contributed by atoms with van der Waals surface area (Å²) in [5.74, 6) is 0.748. The highest BCUT2D eigenvalue weighted by atomic mass is 19.1. The number of nitrogens with zero attached hydrogens (tertiary/aromatic N) is 3. The molecule has 0 spiro atoms. The molecule has 0 aromatic heterocycles. The van der Waals surface area contributed by atoms with Gasteiger partial charge in [-0.15, -0.1) is 0 Å². The number of rotatable bonds is 6. The number of piperidine rings is 2. The van der Waals surface area contributed by atoms with Crippen LogP contribution in [0.1, 0.15) is 49.3 Å². The molecule has 3 aliphatic rings. The maximum Gasteiger partial charge on any atom is 0.219 e. The molecule has 5 rings (SSSR count). The number of anilines is 1. The van der Waals surface area contributed by atoms with E-state index in [1.54, 1.807) is 19.1 Å². The molecule has 0 unspecified atom stereocenters. The zero-order chi connectivity index (χ0) is 23.5. The molecule has 4 nitrogen and oxygen atoms in total. The number of benzene rings is 2. The Morgan fingerprint density at radius 1 is 0.912 bits per heavy atom. The molecule has 0 saturated carbocycles. The minimum Gasteiger partial charge on any atom is -0.368 e. The van der Waals surface area contributed by atoms with E-state index in [0.29, 0.717) is 12.0 Å². The quantitative estimate of drug-likeness (QED) is 0.622. The predicted octanol–water partition coefficient (Wildman–Crippen LogP) is 4.70. The molecule has 1 amide bonds. The van der Waals surface area contributed by atoms with Crippen LogP contribution in [0.3, 0.4) is 0 Å². The van der Waals surface area contributed by atoms with Crippen molar-refractivity contribution < 1.29 is 9.18 Å². The van der Waals surface area contributed by atoms with Crippen LogP contribution < -0.4 is 4.90 Å². The van der Waals surface area contributed by atoms with Crippen molar-refractivity contribution in [2.45, 2.75) is 57.9 Å². The summed E-state index contributed by atoms with van der Waals surface area (Å²) in [5.41, 5.74) is 5.66. The second-order valence-electron chi connectivity index (χ2n) is 10.5. The zero-order valence-electron chi connectivity index (χ0n) is 20.5. The molecule has 3 aliphatic heterocycles. The first-order chi connectivity index (χ1) is 16.5. The molecule has 34 heavy (non-hydrogen) atoms. The van der Waals surface area contributed by atoms with Crippen LogP contribution in [0, 0.1) is 11.7 Å². The van der Waals surface area contributed by atoms with Gasteiger partial charge in [0, 0.05) is 57.9 Å². The van der Waals surface area contributed by atoms with Crippen LogP contribution in [0.5, 0.6) is 0 Å². The first-order valence-corrected chi connectivity index (χ1v) is 13.2. The first-order valence-electron chi connectivity index (χ1n) is 13.2. The average molecular weight is 464 g/mol. The Bertz CT molecular complexity index is 975. The largest absolute Gasteiger partial charge is 0.368 e. The Labute approximate surface area is 203 Å². The smallest absolute Gasteiger partial charge is 0.219 e. The van der Waals surface area contributed by atoms with E-state index in [0.717, 1.165) is 71.4 Å².